The number of nitrogens with zero attached hydrogens (tertiary/aromatic N) is 2. The largest absolute Gasteiger partial charge is 0.488 e. The van der Waals surface area contributed by atoms with Gasteiger partial charge in [-0.25, -0.2) is 4.68 Å². The maximum atomic E-state index is 13.8. The molecule has 0 spiro atoms. The van der Waals surface area contributed by atoms with E-state index in [0.29, 0.717) is 18.7 Å². The summed E-state index contributed by atoms with van der Waals surface area (Å²) in [6.07, 6.45) is 4.65. The van der Waals surface area contributed by atoms with Crippen molar-refractivity contribution in [1.29, 1.82) is 0 Å². The molecule has 0 amide bonds. The van der Waals surface area contributed by atoms with E-state index in [2.05, 4.69) is 12.1 Å². The van der Waals surface area contributed by atoms with Crippen LogP contribution in [-0.2, 0) is 19.6 Å². The summed E-state index contributed by atoms with van der Waals surface area (Å²) < 4.78 is 7.85. The zero-order valence-electron chi connectivity index (χ0n) is 20.7. The van der Waals surface area contributed by atoms with E-state index in [4.69, 9.17) is 9.84 Å². The molecule has 184 valence electrons. The molecule has 2 heterocycles. The van der Waals surface area contributed by atoms with Gasteiger partial charge < -0.3 is 4.74 Å². The molecule has 0 N–H and O–H groups in total. The van der Waals surface area contributed by atoms with Crippen molar-refractivity contribution < 1.29 is 4.74 Å². The third kappa shape index (κ3) is 5.96. The van der Waals surface area contributed by atoms with Crippen molar-refractivity contribution >= 4 is 23.5 Å². The lowest BCUT2D eigenvalue weighted by molar-refractivity contribution is 0.307. The Morgan fingerprint density at radius 3 is 2.27 bits per heavy atom. The predicted molar refractivity (Wildman–Crippen MR) is 153 cm³/mol. The van der Waals surface area contributed by atoms with Crippen LogP contribution >= 0.6 is 11.3 Å². The Hall–Kier alpha value is -4.22. The van der Waals surface area contributed by atoms with Crippen LogP contribution in [0.5, 0.6) is 5.75 Å². The van der Waals surface area contributed by atoms with Crippen LogP contribution in [0, 0.1) is 6.92 Å². The van der Waals surface area contributed by atoms with E-state index in [-0.39, 0.29) is 5.56 Å². The van der Waals surface area contributed by atoms with E-state index >= 15 is 0 Å². The number of para-hydroxylation sites is 1. The van der Waals surface area contributed by atoms with Crippen LogP contribution in [0.1, 0.15) is 27.3 Å². The van der Waals surface area contributed by atoms with Crippen LogP contribution in [0.4, 0.5) is 0 Å². The molecule has 2 aromatic heterocycles. The van der Waals surface area contributed by atoms with Crippen molar-refractivity contribution in [3.63, 3.8) is 0 Å². The lowest BCUT2D eigenvalue weighted by Gasteiger charge is -2.17. The van der Waals surface area contributed by atoms with Crippen molar-refractivity contribution in [3.05, 3.63) is 140 Å². The Bertz CT molecular complexity index is 1540. The van der Waals surface area contributed by atoms with Gasteiger partial charge in [0.15, 0.2) is 0 Å². The Morgan fingerprint density at radius 2 is 1.54 bits per heavy atom. The topological polar surface area (TPSA) is 44.1 Å². The smallest absolute Gasteiger partial charge is 0.274 e. The Balaban J connectivity index is 1.55. The summed E-state index contributed by atoms with van der Waals surface area (Å²) in [5, 5.41) is 6.78. The van der Waals surface area contributed by atoms with E-state index < -0.39 is 0 Å². The number of benzene rings is 3. The zero-order valence-corrected chi connectivity index (χ0v) is 21.5. The van der Waals surface area contributed by atoms with E-state index in [0.717, 1.165) is 39.4 Å². The third-order valence-electron chi connectivity index (χ3n) is 6.17. The molecule has 0 saturated carbocycles. The van der Waals surface area contributed by atoms with Gasteiger partial charge >= 0.3 is 0 Å². The molecule has 0 fully saturated rings. The monoisotopic (exact) mass is 504 g/mol. The zero-order chi connectivity index (χ0) is 25.5. The molecule has 37 heavy (non-hydrogen) atoms. The highest BCUT2D eigenvalue weighted by Crippen LogP contribution is 2.34. The normalized spacial score (nSPS) is 11.2. The molecular weight excluding hydrogens is 476 g/mol. The first-order chi connectivity index (χ1) is 18.2. The second-order valence-corrected chi connectivity index (χ2v) is 9.74. The number of aryl methyl sites for hydroxylation is 3. The Morgan fingerprint density at radius 1 is 0.838 bits per heavy atom. The van der Waals surface area contributed by atoms with Gasteiger partial charge in [0.25, 0.3) is 5.56 Å². The van der Waals surface area contributed by atoms with E-state index in [1.165, 1.54) is 5.56 Å². The number of rotatable bonds is 9. The van der Waals surface area contributed by atoms with Crippen LogP contribution in [0.2, 0.25) is 0 Å². The fourth-order valence-electron chi connectivity index (χ4n) is 4.33. The first kappa shape index (κ1) is 24.5. The number of hydrogen-bond donors (Lipinski definition) is 0. The molecule has 0 aliphatic heterocycles. The summed E-state index contributed by atoms with van der Waals surface area (Å²) in [5.74, 6) is 0.725. The summed E-state index contributed by atoms with van der Waals surface area (Å²) in [4.78, 5) is 14.9. The van der Waals surface area contributed by atoms with Gasteiger partial charge in [-0.2, -0.15) is 5.10 Å². The molecule has 0 radical (unpaired) electrons. The SMILES string of the molecule is Cc1nn(CCc2ccccc2)c(=O)c(/C=C/c2cccs2)c1-c1ccccc1OCc1ccccc1. The number of aromatic nitrogens is 2. The minimum absolute atomic E-state index is 0.109. The minimum atomic E-state index is -0.109. The second kappa shape index (κ2) is 11.7. The summed E-state index contributed by atoms with van der Waals surface area (Å²) in [6.45, 7) is 2.92. The molecule has 4 nitrogen and oxygen atoms in total. The quantitative estimate of drug-likeness (QED) is 0.212. The molecule has 0 saturated heterocycles. The Kier molecular flexibility index (Phi) is 7.72. The van der Waals surface area contributed by atoms with Gasteiger partial charge in [-0.3, -0.25) is 4.79 Å². The molecule has 0 atom stereocenters. The average molecular weight is 505 g/mol. The fraction of sp³-hybridized carbons (Fsp3) is 0.125. The minimum Gasteiger partial charge on any atom is -0.488 e. The second-order valence-electron chi connectivity index (χ2n) is 8.76. The van der Waals surface area contributed by atoms with Crippen molar-refractivity contribution in [3.8, 4) is 16.9 Å². The van der Waals surface area contributed by atoms with Crippen molar-refractivity contribution in [2.24, 2.45) is 0 Å². The fourth-order valence-corrected chi connectivity index (χ4v) is 4.95. The lowest BCUT2D eigenvalue weighted by Crippen LogP contribution is -2.27. The van der Waals surface area contributed by atoms with Crippen LogP contribution in [-0.4, -0.2) is 9.78 Å². The maximum absolute atomic E-state index is 13.8. The highest BCUT2D eigenvalue weighted by atomic mass is 32.1. The maximum Gasteiger partial charge on any atom is 0.274 e. The summed E-state index contributed by atoms with van der Waals surface area (Å²) in [6, 6.07) is 32.2. The molecular formula is C32H28N2O2S. The van der Waals surface area contributed by atoms with Gasteiger partial charge in [0.1, 0.15) is 12.4 Å². The summed E-state index contributed by atoms with van der Waals surface area (Å²) >= 11 is 1.64. The summed E-state index contributed by atoms with van der Waals surface area (Å²) in [5.41, 5.74) is 5.22. The van der Waals surface area contributed by atoms with Crippen LogP contribution in [0.3, 0.4) is 0 Å². The molecule has 0 bridgehead atoms. The van der Waals surface area contributed by atoms with Gasteiger partial charge in [0.2, 0.25) is 0 Å². The number of thiophene rings is 1. The number of ether oxygens (including phenoxy) is 1. The van der Waals surface area contributed by atoms with Crippen molar-refractivity contribution in [2.45, 2.75) is 26.5 Å². The Labute approximate surface area is 221 Å². The van der Waals surface area contributed by atoms with Crippen molar-refractivity contribution in [1.82, 2.24) is 9.78 Å². The average Bonchev–Trinajstić information content (AvgIpc) is 3.46. The molecule has 0 aliphatic rings. The highest BCUT2D eigenvalue weighted by molar-refractivity contribution is 7.10. The van der Waals surface area contributed by atoms with Gasteiger partial charge in [-0.15, -0.1) is 11.3 Å². The van der Waals surface area contributed by atoms with Crippen LogP contribution < -0.4 is 10.3 Å². The van der Waals surface area contributed by atoms with Crippen LogP contribution in [0.25, 0.3) is 23.3 Å². The molecule has 5 heteroatoms. The first-order valence-corrected chi connectivity index (χ1v) is 13.2. The standard InChI is InChI=1S/C32H28N2O2S/c1-24-31(28-16-8-9-17-30(28)36-23-26-13-6-3-7-14-26)29(19-18-27-15-10-22-37-27)32(35)34(33-24)21-20-25-11-4-2-5-12-25/h2-19,22H,20-21,23H2,1H3/b19-18+. The van der Waals surface area contributed by atoms with E-state index in [1.807, 2.05) is 109 Å². The first-order valence-electron chi connectivity index (χ1n) is 12.3. The van der Waals surface area contributed by atoms with Crippen LogP contribution in [0.15, 0.2) is 107 Å². The summed E-state index contributed by atoms with van der Waals surface area (Å²) in [7, 11) is 0. The van der Waals surface area contributed by atoms with Gasteiger partial charge in [0.05, 0.1) is 11.3 Å². The molecule has 3 aromatic carbocycles. The van der Waals surface area contributed by atoms with E-state index in [1.54, 1.807) is 16.0 Å². The van der Waals surface area contributed by atoms with Gasteiger partial charge in [0, 0.05) is 22.5 Å². The number of hydrogen-bond acceptors (Lipinski definition) is 4. The van der Waals surface area contributed by atoms with Crippen molar-refractivity contribution in [2.75, 3.05) is 0 Å². The molecule has 0 unspecified atom stereocenters. The predicted octanol–water partition coefficient (Wildman–Crippen LogP) is 7.27. The van der Waals surface area contributed by atoms with Gasteiger partial charge in [-0.05, 0) is 54.1 Å². The third-order valence-corrected chi connectivity index (χ3v) is 7.01. The molecule has 0 aliphatic carbocycles. The lowest BCUT2D eigenvalue weighted by atomic mass is 9.98. The van der Waals surface area contributed by atoms with Gasteiger partial charge in [-0.1, -0.05) is 84.9 Å². The van der Waals surface area contributed by atoms with E-state index in [9.17, 15) is 4.79 Å². The molecule has 5 rings (SSSR count). The molecule has 5 aromatic rings. The highest BCUT2D eigenvalue weighted by Gasteiger charge is 2.18.